The predicted octanol–water partition coefficient (Wildman–Crippen LogP) is 1.21. The molecule has 0 atom stereocenters. The topological polar surface area (TPSA) is 53.9 Å². The van der Waals surface area contributed by atoms with E-state index in [-0.39, 0.29) is 0 Å². The summed E-state index contributed by atoms with van der Waals surface area (Å²) in [6, 6.07) is 4.72. The summed E-state index contributed by atoms with van der Waals surface area (Å²) in [5.41, 5.74) is 1.54. The van der Waals surface area contributed by atoms with E-state index in [1.807, 2.05) is 12.1 Å². The fraction of sp³-hybridized carbons (Fsp3) is 0.462. The van der Waals surface area contributed by atoms with Gasteiger partial charge in [0.25, 0.3) is 0 Å². The number of fused-ring (bicyclic) bond motifs is 1. The van der Waals surface area contributed by atoms with Crippen LogP contribution in [0.15, 0.2) is 24.5 Å². The van der Waals surface area contributed by atoms with Crippen LogP contribution in [-0.2, 0) is 0 Å². The van der Waals surface area contributed by atoms with Gasteiger partial charge in [0.05, 0.1) is 0 Å². The molecule has 94 valence electrons. The Morgan fingerprint density at radius 1 is 1.28 bits per heavy atom. The number of aromatic nitrogens is 3. The average molecular weight is 243 g/mol. The van der Waals surface area contributed by atoms with E-state index in [1.54, 1.807) is 12.4 Å². The number of likely N-dealkylation sites (N-methyl/N-ethyl adjacent to an activating group) is 1. The fourth-order valence-electron chi connectivity index (χ4n) is 1.90. The van der Waals surface area contributed by atoms with Gasteiger partial charge in [-0.05, 0) is 25.0 Å². The van der Waals surface area contributed by atoms with Gasteiger partial charge in [0.2, 0.25) is 0 Å². The molecule has 18 heavy (non-hydrogen) atoms. The van der Waals surface area contributed by atoms with Crippen LogP contribution in [0.4, 0.5) is 5.82 Å². The Hall–Kier alpha value is -1.75. The van der Waals surface area contributed by atoms with E-state index in [9.17, 15) is 0 Å². The second kappa shape index (κ2) is 4.86. The molecule has 0 unspecified atom stereocenters. The van der Waals surface area contributed by atoms with E-state index < -0.39 is 0 Å². The maximum atomic E-state index is 4.51. The quantitative estimate of drug-likeness (QED) is 0.855. The molecule has 2 aromatic heterocycles. The number of pyridine rings is 1. The van der Waals surface area contributed by atoms with Crippen molar-refractivity contribution >= 4 is 17.0 Å². The van der Waals surface area contributed by atoms with Gasteiger partial charge in [-0.2, -0.15) is 0 Å². The lowest BCUT2D eigenvalue weighted by atomic mass is 10.4. The van der Waals surface area contributed by atoms with Gasteiger partial charge in [-0.15, -0.1) is 0 Å². The third-order valence-electron chi connectivity index (χ3n) is 3.17. The highest BCUT2D eigenvalue weighted by atomic mass is 15.2. The van der Waals surface area contributed by atoms with Crippen LogP contribution in [0.2, 0.25) is 0 Å². The Kier molecular flexibility index (Phi) is 3.06. The van der Waals surface area contributed by atoms with Crippen molar-refractivity contribution < 1.29 is 0 Å². The van der Waals surface area contributed by atoms with E-state index in [2.05, 4.69) is 32.2 Å². The molecule has 1 aliphatic rings. The van der Waals surface area contributed by atoms with Crippen LogP contribution in [0.25, 0.3) is 11.2 Å². The lowest BCUT2D eigenvalue weighted by molar-refractivity contribution is 0.673. The summed E-state index contributed by atoms with van der Waals surface area (Å²) < 4.78 is 0. The van der Waals surface area contributed by atoms with E-state index in [4.69, 9.17) is 0 Å². The number of hydrogen-bond acceptors (Lipinski definition) is 5. The van der Waals surface area contributed by atoms with Crippen molar-refractivity contribution in [3.8, 4) is 0 Å². The van der Waals surface area contributed by atoms with E-state index in [1.165, 1.54) is 12.8 Å². The van der Waals surface area contributed by atoms with Gasteiger partial charge in [-0.25, -0.2) is 9.97 Å². The highest BCUT2D eigenvalue weighted by Gasteiger charge is 2.19. The first-order chi connectivity index (χ1) is 8.83. The molecular weight excluding hydrogens is 226 g/mol. The summed E-state index contributed by atoms with van der Waals surface area (Å²) in [6.07, 6.45) is 6.02. The Labute approximate surface area is 106 Å². The van der Waals surface area contributed by atoms with Crippen LogP contribution < -0.4 is 10.2 Å². The molecule has 1 fully saturated rings. The first-order valence-corrected chi connectivity index (χ1v) is 6.35. The van der Waals surface area contributed by atoms with Crippen LogP contribution in [0.5, 0.6) is 0 Å². The molecule has 1 N–H and O–H groups in total. The number of hydrogen-bond donors (Lipinski definition) is 1. The van der Waals surface area contributed by atoms with E-state index in [0.717, 1.165) is 30.5 Å². The van der Waals surface area contributed by atoms with Crippen molar-refractivity contribution in [2.75, 3.05) is 25.0 Å². The molecule has 3 rings (SSSR count). The molecule has 0 aromatic carbocycles. The highest BCUT2D eigenvalue weighted by Crippen LogP contribution is 2.18. The minimum absolute atomic E-state index is 0.706. The Morgan fingerprint density at radius 3 is 2.94 bits per heavy atom. The lowest BCUT2D eigenvalue weighted by Gasteiger charge is -2.18. The van der Waals surface area contributed by atoms with Crippen molar-refractivity contribution in [2.45, 2.75) is 18.9 Å². The highest BCUT2D eigenvalue weighted by molar-refractivity contribution is 5.71. The molecule has 0 amide bonds. The standard InChI is InChI=1S/C13H17N5/c1-18(9-8-14-10-2-3-10)12-5-4-11-13(17-12)16-7-6-15-11/h4-7,10,14H,2-3,8-9H2,1H3. The summed E-state index contributed by atoms with van der Waals surface area (Å²) >= 11 is 0. The van der Waals surface area contributed by atoms with Crippen LogP contribution in [-0.4, -0.2) is 41.1 Å². The molecule has 0 radical (unpaired) electrons. The van der Waals surface area contributed by atoms with Crippen molar-refractivity contribution in [1.29, 1.82) is 0 Å². The van der Waals surface area contributed by atoms with Gasteiger partial charge in [0.15, 0.2) is 5.65 Å². The third-order valence-corrected chi connectivity index (χ3v) is 3.17. The van der Waals surface area contributed by atoms with E-state index >= 15 is 0 Å². The minimum Gasteiger partial charge on any atom is -0.358 e. The smallest absolute Gasteiger partial charge is 0.180 e. The average Bonchev–Trinajstić information content (AvgIpc) is 3.22. The summed E-state index contributed by atoms with van der Waals surface area (Å²) in [4.78, 5) is 15.1. The first-order valence-electron chi connectivity index (χ1n) is 6.35. The summed E-state index contributed by atoms with van der Waals surface area (Å²) in [5.74, 6) is 0.945. The summed E-state index contributed by atoms with van der Waals surface area (Å²) in [6.45, 7) is 1.95. The van der Waals surface area contributed by atoms with Crippen molar-refractivity contribution in [2.24, 2.45) is 0 Å². The second-order valence-corrected chi connectivity index (χ2v) is 4.72. The number of rotatable bonds is 5. The zero-order valence-electron chi connectivity index (χ0n) is 10.5. The van der Waals surface area contributed by atoms with Crippen LogP contribution in [0.1, 0.15) is 12.8 Å². The summed E-state index contributed by atoms with van der Waals surface area (Å²) in [5, 5.41) is 3.50. The van der Waals surface area contributed by atoms with Crippen molar-refractivity contribution in [3.05, 3.63) is 24.5 Å². The van der Waals surface area contributed by atoms with Gasteiger partial charge in [-0.3, -0.25) is 4.98 Å². The molecule has 0 bridgehead atoms. The molecule has 2 heterocycles. The fourth-order valence-corrected chi connectivity index (χ4v) is 1.90. The Bertz CT molecular complexity index is 538. The van der Waals surface area contributed by atoms with Crippen molar-refractivity contribution in [3.63, 3.8) is 0 Å². The Morgan fingerprint density at radius 2 is 2.11 bits per heavy atom. The second-order valence-electron chi connectivity index (χ2n) is 4.72. The maximum absolute atomic E-state index is 4.51. The zero-order chi connectivity index (χ0) is 12.4. The van der Waals surface area contributed by atoms with Gasteiger partial charge in [0.1, 0.15) is 11.3 Å². The maximum Gasteiger partial charge on any atom is 0.180 e. The largest absolute Gasteiger partial charge is 0.358 e. The van der Waals surface area contributed by atoms with Crippen LogP contribution in [0, 0.1) is 0 Å². The normalized spacial score (nSPS) is 14.9. The van der Waals surface area contributed by atoms with Gasteiger partial charge in [-0.1, -0.05) is 0 Å². The monoisotopic (exact) mass is 243 g/mol. The molecule has 1 aliphatic carbocycles. The van der Waals surface area contributed by atoms with Gasteiger partial charge >= 0.3 is 0 Å². The molecule has 1 saturated carbocycles. The van der Waals surface area contributed by atoms with Crippen LogP contribution >= 0.6 is 0 Å². The number of anilines is 1. The molecular formula is C13H17N5. The van der Waals surface area contributed by atoms with Gasteiger partial charge < -0.3 is 10.2 Å². The summed E-state index contributed by atoms with van der Waals surface area (Å²) in [7, 11) is 2.05. The predicted molar refractivity (Wildman–Crippen MR) is 71.6 cm³/mol. The SMILES string of the molecule is CN(CCNC1CC1)c1ccc2nccnc2n1. The van der Waals surface area contributed by atoms with Gasteiger partial charge in [0, 0.05) is 38.6 Å². The first kappa shape index (κ1) is 11.3. The molecule has 0 saturated heterocycles. The number of nitrogens with one attached hydrogen (secondary N) is 1. The number of nitrogens with zero attached hydrogens (tertiary/aromatic N) is 4. The zero-order valence-corrected chi connectivity index (χ0v) is 10.5. The molecule has 0 aliphatic heterocycles. The van der Waals surface area contributed by atoms with Crippen molar-refractivity contribution in [1.82, 2.24) is 20.3 Å². The Balaban J connectivity index is 1.67. The molecule has 5 heteroatoms. The van der Waals surface area contributed by atoms with E-state index in [0.29, 0.717) is 5.65 Å². The minimum atomic E-state index is 0.706. The lowest BCUT2D eigenvalue weighted by Crippen LogP contribution is -2.30. The molecule has 0 spiro atoms. The third kappa shape index (κ3) is 2.56. The van der Waals surface area contributed by atoms with Crippen LogP contribution in [0.3, 0.4) is 0 Å². The molecule has 5 nitrogen and oxygen atoms in total. The molecule has 2 aromatic rings.